The SMILES string of the molecule is CC[C@H](CO)Nc1ccc(Cl)cc1[N+](=O)[O-]. The molecule has 6 heteroatoms. The summed E-state index contributed by atoms with van der Waals surface area (Å²) in [6.45, 7) is 1.81. The summed E-state index contributed by atoms with van der Waals surface area (Å²) in [6, 6.07) is 4.20. The zero-order valence-corrected chi connectivity index (χ0v) is 9.57. The molecule has 1 rings (SSSR count). The summed E-state index contributed by atoms with van der Waals surface area (Å²) < 4.78 is 0. The summed E-state index contributed by atoms with van der Waals surface area (Å²) in [5, 5.41) is 23.0. The Bertz CT molecular complexity index is 380. The maximum atomic E-state index is 10.8. The molecule has 16 heavy (non-hydrogen) atoms. The topological polar surface area (TPSA) is 75.4 Å². The van der Waals surface area contributed by atoms with E-state index in [0.29, 0.717) is 17.1 Å². The molecule has 0 radical (unpaired) electrons. The summed E-state index contributed by atoms with van der Waals surface area (Å²) >= 11 is 5.68. The molecule has 0 heterocycles. The first-order valence-electron chi connectivity index (χ1n) is 4.89. The molecule has 0 aliphatic heterocycles. The van der Waals surface area contributed by atoms with Crippen molar-refractivity contribution in [2.24, 2.45) is 0 Å². The number of nitro groups is 1. The van der Waals surface area contributed by atoms with Gasteiger partial charge in [0.05, 0.1) is 11.5 Å². The van der Waals surface area contributed by atoms with Crippen molar-refractivity contribution in [3.8, 4) is 0 Å². The standard InChI is InChI=1S/C10H13ClN2O3/c1-2-8(6-14)12-9-4-3-7(11)5-10(9)13(15)16/h3-5,8,12,14H,2,6H2,1H3/t8-/m1/s1. The minimum Gasteiger partial charge on any atom is -0.394 e. The summed E-state index contributed by atoms with van der Waals surface area (Å²) in [4.78, 5) is 10.3. The Morgan fingerprint density at radius 3 is 2.81 bits per heavy atom. The fraction of sp³-hybridized carbons (Fsp3) is 0.400. The number of aliphatic hydroxyl groups is 1. The molecule has 0 saturated carbocycles. The predicted molar refractivity (Wildman–Crippen MR) is 62.9 cm³/mol. The van der Waals surface area contributed by atoms with Crippen LogP contribution in [-0.4, -0.2) is 22.7 Å². The van der Waals surface area contributed by atoms with E-state index in [1.54, 1.807) is 12.1 Å². The molecule has 1 aromatic rings. The molecule has 1 atom stereocenters. The molecular formula is C10H13ClN2O3. The van der Waals surface area contributed by atoms with E-state index in [-0.39, 0.29) is 18.3 Å². The Morgan fingerprint density at radius 1 is 1.62 bits per heavy atom. The minimum absolute atomic E-state index is 0.0731. The quantitative estimate of drug-likeness (QED) is 0.616. The van der Waals surface area contributed by atoms with Gasteiger partial charge in [0, 0.05) is 17.1 Å². The molecule has 0 fully saturated rings. The molecule has 5 nitrogen and oxygen atoms in total. The van der Waals surface area contributed by atoms with E-state index in [1.807, 2.05) is 6.92 Å². The maximum Gasteiger partial charge on any atom is 0.293 e. The second-order valence-electron chi connectivity index (χ2n) is 3.35. The first-order valence-corrected chi connectivity index (χ1v) is 5.27. The second kappa shape index (κ2) is 5.67. The van der Waals surface area contributed by atoms with Crippen LogP contribution in [0.1, 0.15) is 13.3 Å². The van der Waals surface area contributed by atoms with Gasteiger partial charge in [-0.3, -0.25) is 10.1 Å². The Morgan fingerprint density at radius 2 is 2.31 bits per heavy atom. The van der Waals surface area contributed by atoms with Crippen LogP contribution in [0.15, 0.2) is 18.2 Å². The average Bonchev–Trinajstić information content (AvgIpc) is 2.27. The Balaban J connectivity index is 2.98. The van der Waals surface area contributed by atoms with Crippen LogP contribution >= 0.6 is 11.6 Å². The number of benzene rings is 1. The van der Waals surface area contributed by atoms with Gasteiger partial charge in [-0.05, 0) is 18.6 Å². The molecule has 88 valence electrons. The van der Waals surface area contributed by atoms with Crippen molar-refractivity contribution in [3.05, 3.63) is 33.3 Å². The molecule has 0 aromatic heterocycles. The third-order valence-corrected chi connectivity index (χ3v) is 2.46. The largest absolute Gasteiger partial charge is 0.394 e. The molecule has 0 aliphatic rings. The number of rotatable bonds is 5. The fourth-order valence-corrected chi connectivity index (χ4v) is 1.44. The summed E-state index contributed by atoms with van der Waals surface area (Å²) in [5.74, 6) is 0. The highest BCUT2D eigenvalue weighted by atomic mass is 35.5. The smallest absolute Gasteiger partial charge is 0.293 e. The summed E-state index contributed by atoms with van der Waals surface area (Å²) in [5.41, 5.74) is 0.287. The van der Waals surface area contributed by atoms with Crippen LogP contribution in [0, 0.1) is 10.1 Å². The normalized spacial score (nSPS) is 12.2. The molecule has 1 aromatic carbocycles. The molecule has 0 aliphatic carbocycles. The number of nitro benzene ring substituents is 1. The Labute approximate surface area is 98.2 Å². The number of anilines is 1. The van der Waals surface area contributed by atoms with Gasteiger partial charge in [-0.2, -0.15) is 0 Å². The molecule has 2 N–H and O–H groups in total. The van der Waals surface area contributed by atoms with E-state index in [9.17, 15) is 10.1 Å². The molecule has 0 bridgehead atoms. The number of hydrogen-bond acceptors (Lipinski definition) is 4. The number of nitrogens with one attached hydrogen (secondary N) is 1. The number of halogens is 1. The lowest BCUT2D eigenvalue weighted by Crippen LogP contribution is -2.23. The van der Waals surface area contributed by atoms with Crippen LogP contribution in [0.3, 0.4) is 0 Å². The Hall–Kier alpha value is -1.33. The van der Waals surface area contributed by atoms with Gasteiger partial charge >= 0.3 is 0 Å². The van der Waals surface area contributed by atoms with E-state index in [4.69, 9.17) is 16.7 Å². The van der Waals surface area contributed by atoms with Gasteiger partial charge in [-0.15, -0.1) is 0 Å². The van der Waals surface area contributed by atoms with E-state index < -0.39 is 4.92 Å². The third kappa shape index (κ3) is 3.08. The average molecular weight is 245 g/mol. The monoisotopic (exact) mass is 244 g/mol. The fourth-order valence-electron chi connectivity index (χ4n) is 1.27. The van der Waals surface area contributed by atoms with Gasteiger partial charge in [0.15, 0.2) is 0 Å². The molecule has 0 amide bonds. The number of hydrogen-bond donors (Lipinski definition) is 2. The van der Waals surface area contributed by atoms with Crippen LogP contribution < -0.4 is 5.32 Å². The zero-order chi connectivity index (χ0) is 12.1. The molecular weight excluding hydrogens is 232 g/mol. The number of nitrogens with zero attached hydrogens (tertiary/aromatic N) is 1. The van der Waals surface area contributed by atoms with Crippen molar-refractivity contribution in [2.45, 2.75) is 19.4 Å². The third-order valence-electron chi connectivity index (χ3n) is 2.23. The predicted octanol–water partition coefficient (Wildman–Crippen LogP) is 2.43. The van der Waals surface area contributed by atoms with Crippen molar-refractivity contribution >= 4 is 23.0 Å². The van der Waals surface area contributed by atoms with Crippen LogP contribution in [-0.2, 0) is 0 Å². The lowest BCUT2D eigenvalue weighted by molar-refractivity contribution is -0.384. The zero-order valence-electron chi connectivity index (χ0n) is 8.81. The molecule has 0 spiro atoms. The maximum absolute atomic E-state index is 10.8. The van der Waals surface area contributed by atoms with Gasteiger partial charge in [-0.25, -0.2) is 0 Å². The van der Waals surface area contributed by atoms with E-state index >= 15 is 0 Å². The summed E-state index contributed by atoms with van der Waals surface area (Å²) in [6.07, 6.45) is 0.677. The highest BCUT2D eigenvalue weighted by molar-refractivity contribution is 6.30. The first-order chi connectivity index (χ1) is 7.58. The van der Waals surface area contributed by atoms with E-state index in [0.717, 1.165) is 0 Å². The van der Waals surface area contributed by atoms with Gasteiger partial charge in [-0.1, -0.05) is 18.5 Å². The van der Waals surface area contributed by atoms with Crippen molar-refractivity contribution in [2.75, 3.05) is 11.9 Å². The Kier molecular flexibility index (Phi) is 4.52. The second-order valence-corrected chi connectivity index (χ2v) is 3.79. The van der Waals surface area contributed by atoms with E-state index in [2.05, 4.69) is 5.32 Å². The van der Waals surface area contributed by atoms with Crippen LogP contribution in [0.4, 0.5) is 11.4 Å². The van der Waals surface area contributed by atoms with Crippen LogP contribution in [0.25, 0.3) is 0 Å². The van der Waals surface area contributed by atoms with Gasteiger partial charge in [0.2, 0.25) is 0 Å². The van der Waals surface area contributed by atoms with E-state index in [1.165, 1.54) is 6.07 Å². The van der Waals surface area contributed by atoms with Gasteiger partial charge < -0.3 is 10.4 Å². The highest BCUT2D eigenvalue weighted by Gasteiger charge is 2.16. The van der Waals surface area contributed by atoms with Crippen LogP contribution in [0.5, 0.6) is 0 Å². The molecule has 0 unspecified atom stereocenters. The van der Waals surface area contributed by atoms with Crippen molar-refractivity contribution in [1.29, 1.82) is 0 Å². The van der Waals surface area contributed by atoms with Gasteiger partial charge in [0.25, 0.3) is 5.69 Å². The van der Waals surface area contributed by atoms with Crippen molar-refractivity contribution in [1.82, 2.24) is 0 Å². The molecule has 0 saturated heterocycles. The van der Waals surface area contributed by atoms with Crippen LogP contribution in [0.2, 0.25) is 5.02 Å². The first kappa shape index (κ1) is 12.7. The van der Waals surface area contributed by atoms with Crippen molar-refractivity contribution in [3.63, 3.8) is 0 Å². The lowest BCUT2D eigenvalue weighted by atomic mass is 10.2. The minimum atomic E-state index is -0.502. The van der Waals surface area contributed by atoms with Crippen molar-refractivity contribution < 1.29 is 10.0 Å². The number of aliphatic hydroxyl groups excluding tert-OH is 1. The highest BCUT2D eigenvalue weighted by Crippen LogP contribution is 2.28. The van der Waals surface area contributed by atoms with Gasteiger partial charge in [0.1, 0.15) is 5.69 Å². The lowest BCUT2D eigenvalue weighted by Gasteiger charge is -2.15. The summed E-state index contributed by atoms with van der Waals surface area (Å²) in [7, 11) is 0.